The number of aromatic nitrogens is 1. The number of aryl methyl sites for hydroxylation is 1. The molecular weight excluding hydrogens is 428 g/mol. The monoisotopic (exact) mass is 456 g/mol. The summed E-state index contributed by atoms with van der Waals surface area (Å²) in [6, 6.07) is 24.9. The summed E-state index contributed by atoms with van der Waals surface area (Å²) in [5, 5.41) is 0.525. The normalized spacial score (nSPS) is 19.3. The fraction of sp³-hybridized carbons (Fsp3) is 0.286. The third-order valence-corrected chi connectivity index (χ3v) is 7.61. The topological polar surface area (TPSA) is 42.4 Å². The number of nitrogens with zero attached hydrogens (tertiary/aromatic N) is 2. The van der Waals surface area contributed by atoms with Crippen molar-refractivity contribution in [2.24, 2.45) is 0 Å². The lowest BCUT2D eigenvalue weighted by atomic mass is 9.65. The van der Waals surface area contributed by atoms with Gasteiger partial charge in [0.15, 0.2) is 6.61 Å². The predicted octanol–water partition coefficient (Wildman–Crippen LogP) is 6.51. The second kappa shape index (κ2) is 7.99. The van der Waals surface area contributed by atoms with Crippen molar-refractivity contribution >= 4 is 33.1 Å². The summed E-state index contributed by atoms with van der Waals surface area (Å²) < 4.78 is 6.93. The van der Waals surface area contributed by atoms with E-state index in [2.05, 4.69) is 75.1 Å². The summed E-state index contributed by atoms with van der Waals surface area (Å²) in [6.07, 6.45) is 0.812. The van der Waals surface area contributed by atoms with Crippen molar-refractivity contribution in [2.45, 2.75) is 45.1 Å². The number of para-hydroxylation sites is 2. The Balaban J connectivity index is 1.47. The first-order valence-electron chi connectivity index (χ1n) is 11.3. The zero-order chi connectivity index (χ0) is 23.2. The van der Waals surface area contributed by atoms with Crippen molar-refractivity contribution < 1.29 is 9.53 Å². The number of rotatable bonds is 4. The third kappa shape index (κ3) is 3.80. The molecule has 4 aromatic rings. The van der Waals surface area contributed by atoms with Gasteiger partial charge in [0, 0.05) is 16.6 Å². The molecule has 0 fully saturated rings. The van der Waals surface area contributed by atoms with Crippen molar-refractivity contribution in [3.63, 3.8) is 0 Å². The van der Waals surface area contributed by atoms with Crippen LogP contribution in [0.4, 0.5) is 5.69 Å². The zero-order valence-electron chi connectivity index (χ0n) is 19.5. The number of ether oxygens (including phenoxy) is 1. The van der Waals surface area contributed by atoms with E-state index in [1.54, 1.807) is 0 Å². The van der Waals surface area contributed by atoms with Crippen LogP contribution in [0.15, 0.2) is 72.8 Å². The average molecular weight is 457 g/mol. The van der Waals surface area contributed by atoms with Crippen LogP contribution in [0.3, 0.4) is 0 Å². The molecule has 5 heteroatoms. The van der Waals surface area contributed by atoms with Crippen LogP contribution >= 0.6 is 11.3 Å². The molecule has 0 saturated heterocycles. The van der Waals surface area contributed by atoms with Gasteiger partial charge in [0.25, 0.3) is 11.1 Å². The van der Waals surface area contributed by atoms with Crippen LogP contribution in [0.1, 0.15) is 43.9 Å². The Morgan fingerprint density at radius 2 is 1.70 bits per heavy atom. The molecule has 0 N–H and O–H groups in total. The van der Waals surface area contributed by atoms with E-state index in [4.69, 9.17) is 4.74 Å². The highest BCUT2D eigenvalue weighted by Crippen LogP contribution is 2.50. The van der Waals surface area contributed by atoms with Gasteiger partial charge in [0.1, 0.15) is 0 Å². The van der Waals surface area contributed by atoms with Crippen molar-refractivity contribution in [1.29, 1.82) is 0 Å². The first kappa shape index (κ1) is 21.7. The molecule has 0 radical (unpaired) electrons. The quantitative estimate of drug-likeness (QED) is 0.352. The van der Waals surface area contributed by atoms with E-state index in [9.17, 15) is 4.79 Å². The molecule has 0 saturated carbocycles. The van der Waals surface area contributed by atoms with Gasteiger partial charge in [0.2, 0.25) is 0 Å². The van der Waals surface area contributed by atoms with Gasteiger partial charge in [0.05, 0.1) is 10.2 Å². The number of anilines is 1. The summed E-state index contributed by atoms with van der Waals surface area (Å²) >= 11 is 1.47. The molecule has 168 valence electrons. The maximum atomic E-state index is 13.5. The Labute approximate surface area is 198 Å². The van der Waals surface area contributed by atoms with Crippen LogP contribution in [0.25, 0.3) is 10.2 Å². The second-order valence-corrected chi connectivity index (χ2v) is 10.7. The number of benzene rings is 3. The number of carbonyl (C=O) groups excluding carboxylic acids is 1. The standard InChI is InChI=1S/C28H28N2O2S/c1-19-13-15-20(16-14-19)28(4)18-27(2,3)30(23-11-7-5-9-21(23)28)25(31)17-32-26-29-22-10-6-8-12-24(22)33-26/h5-16H,17-18H2,1-4H3/t28-/m1/s1. The number of thiazole rings is 1. The SMILES string of the molecule is Cc1ccc([C@@]2(C)CC(C)(C)N(C(=O)COc3nc4ccccc4s3)c3ccccc32)cc1. The smallest absolute Gasteiger partial charge is 0.274 e. The minimum atomic E-state index is -0.387. The summed E-state index contributed by atoms with van der Waals surface area (Å²) in [7, 11) is 0. The maximum Gasteiger partial charge on any atom is 0.274 e. The minimum absolute atomic E-state index is 0.0428. The molecule has 0 spiro atoms. The predicted molar refractivity (Wildman–Crippen MR) is 135 cm³/mol. The molecular formula is C28H28N2O2S. The highest BCUT2D eigenvalue weighted by atomic mass is 32.1. The lowest BCUT2D eigenvalue weighted by Gasteiger charge is -2.51. The molecule has 0 bridgehead atoms. The number of hydrogen-bond donors (Lipinski definition) is 0. The molecule has 5 rings (SSSR count). The van der Waals surface area contributed by atoms with E-state index in [0.717, 1.165) is 22.3 Å². The van der Waals surface area contributed by atoms with Gasteiger partial charge >= 0.3 is 0 Å². The molecule has 1 aliphatic rings. The van der Waals surface area contributed by atoms with Crippen LogP contribution in [-0.2, 0) is 10.2 Å². The van der Waals surface area contributed by atoms with E-state index in [0.29, 0.717) is 5.19 Å². The van der Waals surface area contributed by atoms with E-state index < -0.39 is 0 Å². The largest absolute Gasteiger partial charge is 0.460 e. The van der Waals surface area contributed by atoms with Gasteiger partial charge in [-0.2, -0.15) is 0 Å². The molecule has 0 aliphatic carbocycles. The summed E-state index contributed by atoms with van der Waals surface area (Å²) in [4.78, 5) is 20.0. The van der Waals surface area contributed by atoms with E-state index >= 15 is 0 Å². The highest BCUT2D eigenvalue weighted by molar-refractivity contribution is 7.20. The molecule has 2 heterocycles. The van der Waals surface area contributed by atoms with Crippen LogP contribution < -0.4 is 9.64 Å². The van der Waals surface area contributed by atoms with Gasteiger partial charge in [-0.25, -0.2) is 4.98 Å². The second-order valence-electron chi connectivity index (χ2n) is 9.67. The number of carbonyl (C=O) groups is 1. The Hall–Kier alpha value is -3.18. The van der Waals surface area contributed by atoms with Crippen molar-refractivity contribution in [1.82, 2.24) is 4.98 Å². The van der Waals surface area contributed by atoms with Crippen molar-refractivity contribution in [2.75, 3.05) is 11.5 Å². The van der Waals surface area contributed by atoms with E-state index in [1.807, 2.05) is 35.2 Å². The number of fused-ring (bicyclic) bond motifs is 2. The first-order chi connectivity index (χ1) is 15.8. The first-order valence-corrected chi connectivity index (χ1v) is 12.1. The molecule has 33 heavy (non-hydrogen) atoms. The fourth-order valence-corrected chi connectivity index (χ4v) is 6.07. The molecule has 1 aliphatic heterocycles. The molecule has 0 unspecified atom stereocenters. The summed E-state index contributed by atoms with van der Waals surface area (Å²) in [5.41, 5.74) is 4.94. The number of hydrogen-bond acceptors (Lipinski definition) is 4. The molecule has 3 aromatic carbocycles. The Bertz CT molecular complexity index is 1290. The van der Waals surface area contributed by atoms with Crippen LogP contribution in [0, 0.1) is 6.92 Å². The minimum Gasteiger partial charge on any atom is -0.460 e. The zero-order valence-corrected chi connectivity index (χ0v) is 20.3. The Morgan fingerprint density at radius 1 is 1.00 bits per heavy atom. The molecule has 4 nitrogen and oxygen atoms in total. The van der Waals surface area contributed by atoms with E-state index in [-0.39, 0.29) is 23.5 Å². The van der Waals surface area contributed by atoms with Gasteiger partial charge in [-0.05, 0) is 56.5 Å². The fourth-order valence-electron chi connectivity index (χ4n) is 5.25. The molecule has 1 aromatic heterocycles. The summed E-state index contributed by atoms with van der Waals surface area (Å²) in [6.45, 7) is 8.64. The average Bonchev–Trinajstić information content (AvgIpc) is 3.20. The lowest BCUT2D eigenvalue weighted by Crippen LogP contribution is -2.57. The third-order valence-electron chi connectivity index (χ3n) is 6.66. The van der Waals surface area contributed by atoms with Gasteiger partial charge in [-0.1, -0.05) is 78.4 Å². The highest BCUT2D eigenvalue weighted by Gasteiger charge is 2.47. The van der Waals surface area contributed by atoms with Gasteiger partial charge in [-0.3, -0.25) is 4.79 Å². The van der Waals surface area contributed by atoms with Crippen LogP contribution in [0.5, 0.6) is 5.19 Å². The van der Waals surface area contributed by atoms with Crippen molar-refractivity contribution in [3.05, 3.63) is 89.5 Å². The number of amides is 1. The van der Waals surface area contributed by atoms with Gasteiger partial charge in [-0.15, -0.1) is 0 Å². The lowest BCUT2D eigenvalue weighted by molar-refractivity contribution is -0.121. The molecule has 1 amide bonds. The summed E-state index contributed by atoms with van der Waals surface area (Å²) in [5.74, 6) is -0.0577. The van der Waals surface area contributed by atoms with Crippen LogP contribution in [-0.4, -0.2) is 23.0 Å². The Morgan fingerprint density at radius 3 is 2.45 bits per heavy atom. The van der Waals surface area contributed by atoms with E-state index in [1.165, 1.54) is 28.0 Å². The maximum absolute atomic E-state index is 13.5. The Kier molecular flexibility index (Phi) is 5.25. The van der Waals surface area contributed by atoms with Crippen molar-refractivity contribution in [3.8, 4) is 5.19 Å². The van der Waals surface area contributed by atoms with Crippen LogP contribution in [0.2, 0.25) is 0 Å². The molecule has 1 atom stereocenters. The van der Waals surface area contributed by atoms with Gasteiger partial charge < -0.3 is 9.64 Å².